The van der Waals surface area contributed by atoms with Gasteiger partial charge < -0.3 is 4.74 Å². The molecular weight excluding hydrogens is 362 g/mol. The van der Waals surface area contributed by atoms with Gasteiger partial charge in [0.25, 0.3) is 0 Å². The van der Waals surface area contributed by atoms with Gasteiger partial charge >= 0.3 is 0 Å². The Kier molecular flexibility index (Phi) is 7.99. The Balaban J connectivity index is 1.68. The Morgan fingerprint density at radius 1 is 1.04 bits per heavy atom. The first kappa shape index (κ1) is 20.1. The summed E-state index contributed by atoms with van der Waals surface area (Å²) >= 11 is 4.98. The number of methoxy groups -OCH3 is 1. The van der Waals surface area contributed by atoms with Crippen molar-refractivity contribution in [3.8, 4) is 5.75 Å². The van der Waals surface area contributed by atoms with E-state index in [0.717, 1.165) is 16.9 Å². The van der Waals surface area contributed by atoms with Crippen LogP contribution in [0, 0.1) is 0 Å². The second-order valence-corrected chi connectivity index (χ2v) is 5.99. The summed E-state index contributed by atoms with van der Waals surface area (Å²) in [6.45, 7) is 0. The maximum Gasteiger partial charge on any atom is 0.250 e. The molecule has 0 spiro atoms. The van der Waals surface area contributed by atoms with Crippen molar-refractivity contribution in [3.63, 3.8) is 0 Å². The van der Waals surface area contributed by atoms with Gasteiger partial charge in [-0.3, -0.25) is 25.8 Å². The molecule has 0 aliphatic carbocycles. The molecule has 140 valence electrons. The van der Waals surface area contributed by atoms with Gasteiger partial charge in [-0.2, -0.15) is 0 Å². The summed E-state index contributed by atoms with van der Waals surface area (Å²) < 4.78 is 5.07. The third-order valence-corrected chi connectivity index (χ3v) is 3.78. The Morgan fingerprint density at radius 3 is 2.41 bits per heavy atom. The third kappa shape index (κ3) is 7.70. The highest BCUT2D eigenvalue weighted by Crippen LogP contribution is 2.12. The van der Waals surface area contributed by atoms with Gasteiger partial charge in [-0.15, -0.1) is 0 Å². The molecule has 0 bridgehead atoms. The van der Waals surface area contributed by atoms with E-state index in [1.807, 2.05) is 42.5 Å². The van der Waals surface area contributed by atoms with Crippen molar-refractivity contribution in [2.24, 2.45) is 0 Å². The van der Waals surface area contributed by atoms with E-state index in [1.54, 1.807) is 25.3 Å². The summed E-state index contributed by atoms with van der Waals surface area (Å²) in [4.78, 5) is 23.6. The monoisotopic (exact) mass is 383 g/mol. The van der Waals surface area contributed by atoms with Gasteiger partial charge in [0.05, 0.1) is 7.11 Å². The average molecular weight is 383 g/mol. The minimum atomic E-state index is -0.401. The highest BCUT2D eigenvalue weighted by atomic mass is 32.1. The zero-order valence-corrected chi connectivity index (χ0v) is 15.7. The van der Waals surface area contributed by atoms with Crippen LogP contribution in [-0.4, -0.2) is 24.0 Å². The smallest absolute Gasteiger partial charge is 0.250 e. The summed E-state index contributed by atoms with van der Waals surface area (Å²) in [5.74, 6) is 0.121. The molecule has 2 amide bonds. The molecule has 7 heteroatoms. The molecule has 0 unspecified atom stereocenters. The quantitative estimate of drug-likeness (QED) is 0.405. The predicted octanol–water partition coefficient (Wildman–Crippen LogP) is 2.36. The van der Waals surface area contributed by atoms with Gasteiger partial charge in [0.15, 0.2) is 5.11 Å². The number of ether oxygens (including phenoxy) is 1. The lowest BCUT2D eigenvalue weighted by Crippen LogP contribution is -2.48. The number of rotatable bonds is 6. The number of carbonyl (C=O) groups excluding carboxylic acids is 2. The highest BCUT2D eigenvalue weighted by Gasteiger charge is 2.04. The lowest BCUT2D eigenvalue weighted by molar-refractivity contribution is -0.121. The van der Waals surface area contributed by atoms with Gasteiger partial charge in [0, 0.05) is 12.5 Å². The average Bonchev–Trinajstić information content (AvgIpc) is 2.70. The molecule has 27 heavy (non-hydrogen) atoms. The standard InChI is InChI=1S/C20H21N3O3S/c1-26-17-11-7-16(8-12-17)9-13-18(24)21-20(27)23-22-19(25)14-10-15-5-3-2-4-6-15/h2-9,11-13H,10,14H2,1H3,(H,22,25)(H2,21,23,24,27)/b13-9+. The number of nitrogens with one attached hydrogen (secondary N) is 3. The third-order valence-electron chi connectivity index (χ3n) is 3.58. The largest absolute Gasteiger partial charge is 0.497 e. The van der Waals surface area contributed by atoms with E-state index in [1.165, 1.54) is 6.08 Å². The highest BCUT2D eigenvalue weighted by molar-refractivity contribution is 7.80. The summed E-state index contributed by atoms with van der Waals surface area (Å²) in [5.41, 5.74) is 6.90. The first-order chi connectivity index (χ1) is 13.1. The Bertz CT molecular complexity index is 805. The number of hydrogen-bond acceptors (Lipinski definition) is 4. The molecule has 2 rings (SSSR count). The number of aryl methyl sites for hydroxylation is 1. The van der Waals surface area contributed by atoms with E-state index < -0.39 is 5.91 Å². The molecule has 0 fully saturated rings. The fourth-order valence-corrected chi connectivity index (χ4v) is 2.31. The topological polar surface area (TPSA) is 79.5 Å². The van der Waals surface area contributed by atoms with Crippen LogP contribution < -0.4 is 20.9 Å². The van der Waals surface area contributed by atoms with Crippen LogP contribution in [0.5, 0.6) is 5.75 Å². The molecule has 0 aliphatic heterocycles. The number of carbonyl (C=O) groups is 2. The van der Waals surface area contributed by atoms with Gasteiger partial charge in [-0.05, 0) is 48.0 Å². The van der Waals surface area contributed by atoms with Crippen LogP contribution in [0.4, 0.5) is 0 Å². The Labute approximate surface area is 163 Å². The van der Waals surface area contributed by atoms with Crippen LogP contribution >= 0.6 is 12.2 Å². The molecule has 0 atom stereocenters. The van der Waals surface area contributed by atoms with Crippen molar-refractivity contribution in [2.75, 3.05) is 7.11 Å². The van der Waals surface area contributed by atoms with Crippen LogP contribution in [0.2, 0.25) is 0 Å². The van der Waals surface area contributed by atoms with Crippen molar-refractivity contribution in [2.45, 2.75) is 12.8 Å². The second kappa shape index (κ2) is 10.7. The molecule has 6 nitrogen and oxygen atoms in total. The van der Waals surface area contributed by atoms with E-state index in [-0.39, 0.29) is 11.0 Å². The summed E-state index contributed by atoms with van der Waals surface area (Å²) in [6.07, 6.45) is 3.94. The molecule has 0 saturated carbocycles. The summed E-state index contributed by atoms with van der Waals surface area (Å²) in [7, 11) is 1.59. The molecule has 0 aromatic heterocycles. The molecule has 0 saturated heterocycles. The predicted molar refractivity (Wildman–Crippen MR) is 109 cm³/mol. The van der Waals surface area contributed by atoms with Crippen LogP contribution in [-0.2, 0) is 16.0 Å². The first-order valence-electron chi connectivity index (χ1n) is 8.32. The minimum absolute atomic E-state index is 0.0208. The van der Waals surface area contributed by atoms with E-state index >= 15 is 0 Å². The molecule has 0 heterocycles. The lowest BCUT2D eigenvalue weighted by atomic mass is 10.1. The number of hydrogen-bond donors (Lipinski definition) is 3. The van der Waals surface area contributed by atoms with Crippen LogP contribution in [0.3, 0.4) is 0 Å². The summed E-state index contributed by atoms with van der Waals surface area (Å²) in [6, 6.07) is 16.9. The summed E-state index contributed by atoms with van der Waals surface area (Å²) in [5, 5.41) is 2.48. The van der Waals surface area contributed by atoms with E-state index in [2.05, 4.69) is 16.2 Å². The SMILES string of the molecule is COc1ccc(/C=C/C(=O)NC(=S)NNC(=O)CCc2ccccc2)cc1. The van der Waals surface area contributed by atoms with Gasteiger partial charge in [-0.1, -0.05) is 42.5 Å². The Morgan fingerprint density at radius 2 is 1.74 bits per heavy atom. The van der Waals surface area contributed by atoms with Gasteiger partial charge in [0.2, 0.25) is 11.8 Å². The number of benzene rings is 2. The van der Waals surface area contributed by atoms with Crippen molar-refractivity contribution >= 4 is 35.2 Å². The zero-order chi connectivity index (χ0) is 19.5. The fourth-order valence-electron chi connectivity index (χ4n) is 2.16. The normalized spacial score (nSPS) is 10.3. The van der Waals surface area contributed by atoms with Crippen molar-refractivity contribution in [3.05, 3.63) is 71.8 Å². The van der Waals surface area contributed by atoms with Gasteiger partial charge in [0.1, 0.15) is 5.75 Å². The maximum atomic E-state index is 11.8. The second-order valence-electron chi connectivity index (χ2n) is 5.58. The minimum Gasteiger partial charge on any atom is -0.497 e. The van der Waals surface area contributed by atoms with Crippen molar-refractivity contribution in [1.82, 2.24) is 16.2 Å². The van der Waals surface area contributed by atoms with E-state index in [0.29, 0.717) is 12.8 Å². The first-order valence-corrected chi connectivity index (χ1v) is 8.73. The zero-order valence-electron chi connectivity index (χ0n) is 14.9. The van der Waals surface area contributed by atoms with Crippen LogP contribution in [0.1, 0.15) is 17.5 Å². The van der Waals surface area contributed by atoms with E-state index in [4.69, 9.17) is 17.0 Å². The molecule has 2 aromatic carbocycles. The molecule has 3 N–H and O–H groups in total. The van der Waals surface area contributed by atoms with Crippen molar-refractivity contribution in [1.29, 1.82) is 0 Å². The molecule has 0 aliphatic rings. The molecule has 2 aromatic rings. The maximum absolute atomic E-state index is 11.8. The van der Waals surface area contributed by atoms with E-state index in [9.17, 15) is 9.59 Å². The number of hydrazine groups is 1. The van der Waals surface area contributed by atoms with Crippen LogP contribution in [0.15, 0.2) is 60.7 Å². The number of amides is 2. The fraction of sp³-hybridized carbons (Fsp3) is 0.150. The Hall–Kier alpha value is -3.19. The molecular formula is C20H21N3O3S. The van der Waals surface area contributed by atoms with Gasteiger partial charge in [-0.25, -0.2) is 0 Å². The van der Waals surface area contributed by atoms with Crippen molar-refractivity contribution < 1.29 is 14.3 Å². The van der Waals surface area contributed by atoms with Crippen LogP contribution in [0.25, 0.3) is 6.08 Å². The number of thiocarbonyl (C=S) groups is 1. The lowest BCUT2D eigenvalue weighted by Gasteiger charge is -2.09. The molecule has 0 radical (unpaired) electrons.